The van der Waals surface area contributed by atoms with E-state index in [4.69, 9.17) is 5.26 Å². The molecule has 110 valence electrons. The SMILES string of the molecule is CC1=C(C#N)CC(C#N)=C(c2ccc(-c3ccccc3)cc2)N1. The molecule has 1 aliphatic rings. The molecule has 1 aliphatic heterocycles. The largest absolute Gasteiger partial charge is 0.357 e. The third kappa shape index (κ3) is 2.86. The van der Waals surface area contributed by atoms with Gasteiger partial charge in [-0.3, -0.25) is 0 Å². The molecule has 3 heteroatoms. The van der Waals surface area contributed by atoms with Gasteiger partial charge in [0.1, 0.15) is 0 Å². The lowest BCUT2D eigenvalue weighted by molar-refractivity contribution is 0.968. The van der Waals surface area contributed by atoms with Crippen LogP contribution in [0, 0.1) is 22.7 Å². The van der Waals surface area contributed by atoms with E-state index < -0.39 is 0 Å². The molecule has 0 aromatic heterocycles. The monoisotopic (exact) mass is 297 g/mol. The number of hydrogen-bond donors (Lipinski definition) is 1. The summed E-state index contributed by atoms with van der Waals surface area (Å²) in [6.07, 6.45) is 0.390. The van der Waals surface area contributed by atoms with Crippen molar-refractivity contribution in [3.8, 4) is 23.3 Å². The van der Waals surface area contributed by atoms with Crippen LogP contribution in [0.3, 0.4) is 0 Å². The van der Waals surface area contributed by atoms with Crippen LogP contribution in [0.4, 0.5) is 0 Å². The Bertz CT molecular complexity index is 873. The number of allylic oxidation sites excluding steroid dienone is 3. The fourth-order valence-corrected chi connectivity index (χ4v) is 2.66. The highest BCUT2D eigenvalue weighted by Gasteiger charge is 2.19. The molecule has 2 aromatic carbocycles. The standard InChI is InChI=1S/C20H15N3/c1-14-18(12-21)11-19(13-22)20(23-14)17-9-7-16(8-10-17)15-5-3-2-4-6-15/h2-10,23H,11H2,1H3. The van der Waals surface area contributed by atoms with E-state index in [2.05, 4.69) is 29.6 Å². The maximum atomic E-state index is 9.38. The highest BCUT2D eigenvalue weighted by molar-refractivity contribution is 5.76. The molecule has 1 heterocycles. The third-order valence-corrected chi connectivity index (χ3v) is 3.97. The second kappa shape index (κ2) is 6.22. The Morgan fingerprint density at radius 2 is 1.35 bits per heavy atom. The van der Waals surface area contributed by atoms with E-state index in [-0.39, 0.29) is 0 Å². The average Bonchev–Trinajstić information content (AvgIpc) is 2.62. The van der Waals surface area contributed by atoms with E-state index in [1.54, 1.807) is 0 Å². The molecule has 0 atom stereocenters. The molecule has 1 N–H and O–H groups in total. The first-order valence-electron chi connectivity index (χ1n) is 7.39. The summed E-state index contributed by atoms with van der Waals surface area (Å²) in [4.78, 5) is 0. The smallest absolute Gasteiger partial charge is 0.0973 e. The van der Waals surface area contributed by atoms with Crippen molar-refractivity contribution >= 4 is 5.70 Å². The van der Waals surface area contributed by atoms with E-state index >= 15 is 0 Å². The van der Waals surface area contributed by atoms with E-state index in [1.807, 2.05) is 49.4 Å². The van der Waals surface area contributed by atoms with Crippen LogP contribution in [-0.2, 0) is 0 Å². The summed E-state index contributed by atoms with van der Waals surface area (Å²) >= 11 is 0. The van der Waals surface area contributed by atoms with Gasteiger partial charge in [-0.2, -0.15) is 10.5 Å². The van der Waals surface area contributed by atoms with Crippen molar-refractivity contribution in [1.82, 2.24) is 5.32 Å². The van der Waals surface area contributed by atoms with E-state index in [9.17, 15) is 5.26 Å². The number of hydrogen-bond acceptors (Lipinski definition) is 3. The van der Waals surface area contributed by atoms with Crippen LogP contribution < -0.4 is 5.32 Å². The summed E-state index contributed by atoms with van der Waals surface area (Å²) in [5.41, 5.74) is 6.07. The van der Waals surface area contributed by atoms with Crippen molar-refractivity contribution < 1.29 is 0 Å². The van der Waals surface area contributed by atoms with Crippen molar-refractivity contribution in [3.05, 3.63) is 77.0 Å². The number of dihydropyridines is 1. The molecule has 0 spiro atoms. The topological polar surface area (TPSA) is 59.6 Å². The van der Waals surface area contributed by atoms with Crippen LogP contribution in [-0.4, -0.2) is 0 Å². The van der Waals surface area contributed by atoms with Crippen LogP contribution in [0.25, 0.3) is 16.8 Å². The Labute approximate surface area is 135 Å². The molecule has 0 saturated heterocycles. The molecule has 3 rings (SSSR count). The molecule has 0 unspecified atom stereocenters. The van der Waals surface area contributed by atoms with Gasteiger partial charge in [-0.05, 0) is 23.6 Å². The van der Waals surface area contributed by atoms with Crippen LogP contribution >= 0.6 is 0 Å². The van der Waals surface area contributed by atoms with Crippen LogP contribution in [0.5, 0.6) is 0 Å². The van der Waals surface area contributed by atoms with Crippen molar-refractivity contribution in [2.45, 2.75) is 13.3 Å². The van der Waals surface area contributed by atoms with Gasteiger partial charge in [0, 0.05) is 12.1 Å². The highest BCUT2D eigenvalue weighted by Crippen LogP contribution is 2.29. The van der Waals surface area contributed by atoms with Gasteiger partial charge in [-0.1, -0.05) is 54.6 Å². The number of benzene rings is 2. The zero-order valence-corrected chi connectivity index (χ0v) is 12.8. The predicted octanol–water partition coefficient (Wildman–Crippen LogP) is 4.38. The quantitative estimate of drug-likeness (QED) is 0.895. The molecule has 0 amide bonds. The van der Waals surface area contributed by atoms with E-state index in [0.29, 0.717) is 17.6 Å². The molecule has 0 saturated carbocycles. The Hall–Kier alpha value is -3.30. The molecular weight excluding hydrogens is 282 g/mol. The zero-order chi connectivity index (χ0) is 16.2. The Kier molecular flexibility index (Phi) is 3.95. The minimum atomic E-state index is 0.390. The Balaban J connectivity index is 1.95. The second-order valence-corrected chi connectivity index (χ2v) is 5.43. The number of nitrogens with zero attached hydrogens (tertiary/aromatic N) is 2. The second-order valence-electron chi connectivity index (χ2n) is 5.43. The van der Waals surface area contributed by atoms with Crippen LogP contribution in [0.15, 0.2) is 71.4 Å². The highest BCUT2D eigenvalue weighted by atomic mass is 14.9. The molecule has 0 aliphatic carbocycles. The van der Waals surface area contributed by atoms with Gasteiger partial charge in [-0.25, -0.2) is 0 Å². The van der Waals surface area contributed by atoms with Gasteiger partial charge in [0.15, 0.2) is 0 Å². The Morgan fingerprint density at radius 1 is 0.783 bits per heavy atom. The van der Waals surface area contributed by atoms with Gasteiger partial charge in [-0.15, -0.1) is 0 Å². The summed E-state index contributed by atoms with van der Waals surface area (Å²) in [6, 6.07) is 22.6. The zero-order valence-electron chi connectivity index (χ0n) is 12.8. The van der Waals surface area contributed by atoms with E-state index in [1.165, 1.54) is 0 Å². The molecule has 0 radical (unpaired) electrons. The van der Waals surface area contributed by atoms with Crippen molar-refractivity contribution in [1.29, 1.82) is 10.5 Å². The van der Waals surface area contributed by atoms with Crippen molar-refractivity contribution in [2.24, 2.45) is 0 Å². The lowest BCUT2D eigenvalue weighted by Gasteiger charge is -2.20. The van der Waals surface area contributed by atoms with Gasteiger partial charge in [0.25, 0.3) is 0 Å². The number of nitrogens with one attached hydrogen (secondary N) is 1. The average molecular weight is 297 g/mol. The fourth-order valence-electron chi connectivity index (χ4n) is 2.66. The summed E-state index contributed by atoms with van der Waals surface area (Å²) < 4.78 is 0. The molecule has 0 fully saturated rings. The van der Waals surface area contributed by atoms with Gasteiger partial charge in [0.2, 0.25) is 0 Å². The van der Waals surface area contributed by atoms with Crippen LogP contribution in [0.2, 0.25) is 0 Å². The number of nitriles is 2. The first-order valence-corrected chi connectivity index (χ1v) is 7.39. The minimum Gasteiger partial charge on any atom is -0.357 e. The summed E-state index contributed by atoms with van der Waals surface area (Å²) in [7, 11) is 0. The summed E-state index contributed by atoms with van der Waals surface area (Å²) in [6.45, 7) is 1.87. The lowest BCUT2D eigenvalue weighted by atomic mass is 9.95. The molecule has 2 aromatic rings. The maximum Gasteiger partial charge on any atom is 0.0973 e. The maximum absolute atomic E-state index is 9.38. The normalized spacial score (nSPS) is 14.0. The lowest BCUT2D eigenvalue weighted by Crippen LogP contribution is -2.18. The first kappa shape index (κ1) is 14.6. The first-order chi connectivity index (χ1) is 11.2. The van der Waals surface area contributed by atoms with Crippen LogP contribution in [0.1, 0.15) is 18.9 Å². The summed E-state index contributed by atoms with van der Waals surface area (Å²) in [5, 5.41) is 21.7. The third-order valence-electron chi connectivity index (χ3n) is 3.97. The molecule has 0 bridgehead atoms. The summed E-state index contributed by atoms with van der Waals surface area (Å²) in [5.74, 6) is 0. The van der Waals surface area contributed by atoms with Crippen molar-refractivity contribution in [2.75, 3.05) is 0 Å². The van der Waals surface area contributed by atoms with E-state index in [0.717, 1.165) is 28.1 Å². The van der Waals surface area contributed by atoms with Gasteiger partial charge < -0.3 is 5.32 Å². The van der Waals surface area contributed by atoms with Crippen molar-refractivity contribution in [3.63, 3.8) is 0 Å². The van der Waals surface area contributed by atoms with Gasteiger partial charge in [0.05, 0.1) is 29.0 Å². The molecule has 3 nitrogen and oxygen atoms in total. The molecular formula is C20H15N3. The number of rotatable bonds is 2. The predicted molar refractivity (Wildman–Crippen MR) is 90.5 cm³/mol. The Morgan fingerprint density at radius 3 is 1.96 bits per heavy atom. The molecule has 23 heavy (non-hydrogen) atoms. The minimum absolute atomic E-state index is 0.390. The van der Waals surface area contributed by atoms with Gasteiger partial charge >= 0.3 is 0 Å². The fraction of sp³-hybridized carbons (Fsp3) is 0.100.